The van der Waals surface area contributed by atoms with E-state index in [2.05, 4.69) is 15.2 Å². The molecule has 0 bridgehead atoms. The van der Waals surface area contributed by atoms with Gasteiger partial charge in [-0.15, -0.1) is 0 Å². The average Bonchev–Trinajstić information content (AvgIpc) is 2.63. The molecule has 1 atom stereocenters. The molecule has 2 rings (SSSR count). The summed E-state index contributed by atoms with van der Waals surface area (Å²) < 4.78 is 42.1. The van der Waals surface area contributed by atoms with Crippen molar-refractivity contribution in [3.63, 3.8) is 0 Å². The van der Waals surface area contributed by atoms with Gasteiger partial charge < -0.3 is 4.74 Å². The molecular formula is C9H13F3N4O. The number of aromatic nitrogens is 3. The molecule has 0 aliphatic carbocycles. The Kier molecular flexibility index (Phi) is 3.34. The summed E-state index contributed by atoms with van der Waals surface area (Å²) in [7, 11) is 0. The molecule has 1 fully saturated rings. The summed E-state index contributed by atoms with van der Waals surface area (Å²) in [5.41, 5.74) is 0. The molecule has 2 heterocycles. The van der Waals surface area contributed by atoms with Gasteiger partial charge >= 0.3 is 6.18 Å². The van der Waals surface area contributed by atoms with Crippen LogP contribution in [0.25, 0.3) is 0 Å². The maximum atomic E-state index is 12.3. The predicted molar refractivity (Wildman–Crippen MR) is 52.3 cm³/mol. The van der Waals surface area contributed by atoms with Crippen LogP contribution in [0.5, 0.6) is 0 Å². The molecule has 1 aromatic rings. The Bertz CT molecular complexity index is 379. The van der Waals surface area contributed by atoms with Gasteiger partial charge in [-0.1, -0.05) is 0 Å². The molecule has 1 aromatic heterocycles. The van der Waals surface area contributed by atoms with Crippen LogP contribution >= 0.6 is 0 Å². The summed E-state index contributed by atoms with van der Waals surface area (Å²) in [6, 6.07) is 0. The Morgan fingerprint density at radius 3 is 2.88 bits per heavy atom. The Balaban J connectivity index is 1.97. The summed E-state index contributed by atoms with van der Waals surface area (Å²) in [4.78, 5) is 5.37. The molecule has 0 spiro atoms. The molecule has 1 N–H and O–H groups in total. The van der Waals surface area contributed by atoms with Crippen molar-refractivity contribution in [1.82, 2.24) is 20.1 Å². The second-order valence-corrected chi connectivity index (χ2v) is 3.99. The van der Waals surface area contributed by atoms with Gasteiger partial charge in [-0.3, -0.25) is 10.00 Å². The van der Waals surface area contributed by atoms with Crippen molar-refractivity contribution in [2.24, 2.45) is 0 Å². The fraction of sp³-hybridized carbons (Fsp3) is 0.778. The number of nitrogens with zero attached hydrogens (tertiary/aromatic N) is 3. The third-order valence-electron chi connectivity index (χ3n) is 2.46. The summed E-state index contributed by atoms with van der Waals surface area (Å²) in [5.74, 6) is 1.03. The van der Waals surface area contributed by atoms with Crippen molar-refractivity contribution >= 4 is 0 Å². The van der Waals surface area contributed by atoms with Crippen LogP contribution < -0.4 is 0 Å². The van der Waals surface area contributed by atoms with E-state index in [1.54, 1.807) is 6.92 Å². The molecule has 1 aliphatic heterocycles. The smallest absolute Gasteiger partial charge is 0.367 e. The second-order valence-electron chi connectivity index (χ2n) is 3.99. The zero-order valence-corrected chi connectivity index (χ0v) is 9.29. The highest BCUT2D eigenvalue weighted by Gasteiger charge is 2.34. The first-order valence-corrected chi connectivity index (χ1v) is 5.23. The number of ether oxygens (including phenoxy) is 1. The molecule has 1 aliphatic rings. The van der Waals surface area contributed by atoms with Crippen molar-refractivity contribution in [2.45, 2.75) is 19.2 Å². The van der Waals surface area contributed by atoms with Crippen molar-refractivity contribution < 1.29 is 17.9 Å². The molecule has 0 amide bonds. The fourth-order valence-corrected chi connectivity index (χ4v) is 1.76. The van der Waals surface area contributed by atoms with Crippen LogP contribution in [0.4, 0.5) is 13.2 Å². The number of hydrogen-bond donors (Lipinski definition) is 1. The highest BCUT2D eigenvalue weighted by atomic mass is 19.4. The largest absolute Gasteiger partial charge is 0.401 e. The van der Waals surface area contributed by atoms with Gasteiger partial charge in [0, 0.05) is 13.1 Å². The van der Waals surface area contributed by atoms with E-state index in [0.29, 0.717) is 11.6 Å². The number of hydrogen-bond acceptors (Lipinski definition) is 4. The molecule has 96 valence electrons. The van der Waals surface area contributed by atoms with Crippen LogP contribution in [0, 0.1) is 6.92 Å². The van der Waals surface area contributed by atoms with Crippen LogP contribution in [0.15, 0.2) is 0 Å². The van der Waals surface area contributed by atoms with Crippen LogP contribution in [0.3, 0.4) is 0 Å². The number of alkyl halides is 3. The van der Waals surface area contributed by atoms with Gasteiger partial charge in [-0.25, -0.2) is 4.98 Å². The molecule has 0 saturated carbocycles. The van der Waals surface area contributed by atoms with Gasteiger partial charge in [0.2, 0.25) is 0 Å². The minimum atomic E-state index is -4.18. The van der Waals surface area contributed by atoms with E-state index in [0.717, 1.165) is 0 Å². The average molecular weight is 250 g/mol. The topological polar surface area (TPSA) is 54.0 Å². The summed E-state index contributed by atoms with van der Waals surface area (Å²) in [6.45, 7) is 1.51. The molecule has 0 radical (unpaired) electrons. The highest BCUT2D eigenvalue weighted by Crippen LogP contribution is 2.23. The van der Waals surface area contributed by atoms with Crippen LogP contribution in [-0.4, -0.2) is 52.5 Å². The number of aryl methyl sites for hydroxylation is 1. The van der Waals surface area contributed by atoms with Crippen LogP contribution in [0.1, 0.15) is 17.8 Å². The molecule has 0 unspecified atom stereocenters. The third kappa shape index (κ3) is 3.40. The third-order valence-corrected chi connectivity index (χ3v) is 2.46. The van der Waals surface area contributed by atoms with Gasteiger partial charge in [0.15, 0.2) is 5.82 Å². The SMILES string of the molecule is Cc1nc([C@H]2CN(CC(F)(F)F)CCO2)n[nH]1. The van der Waals surface area contributed by atoms with Gasteiger partial charge in [-0.2, -0.15) is 18.3 Å². The maximum Gasteiger partial charge on any atom is 0.401 e. The molecule has 8 heteroatoms. The molecule has 0 aromatic carbocycles. The van der Waals surface area contributed by atoms with Gasteiger partial charge in [0.25, 0.3) is 0 Å². The molecular weight excluding hydrogens is 237 g/mol. The maximum absolute atomic E-state index is 12.3. The van der Waals surface area contributed by atoms with Crippen LogP contribution in [0.2, 0.25) is 0 Å². The van der Waals surface area contributed by atoms with E-state index >= 15 is 0 Å². The summed E-state index contributed by atoms with van der Waals surface area (Å²) in [6.07, 6.45) is -4.67. The minimum Gasteiger partial charge on any atom is -0.367 e. The number of rotatable bonds is 2. The lowest BCUT2D eigenvalue weighted by Crippen LogP contribution is -2.43. The minimum absolute atomic E-state index is 0.163. The predicted octanol–water partition coefficient (Wildman–Crippen LogP) is 1.05. The van der Waals surface area contributed by atoms with Crippen molar-refractivity contribution in [2.75, 3.05) is 26.2 Å². The van der Waals surface area contributed by atoms with Gasteiger partial charge in [-0.05, 0) is 6.92 Å². The Hall–Kier alpha value is -1.15. The quantitative estimate of drug-likeness (QED) is 0.852. The van der Waals surface area contributed by atoms with E-state index in [1.807, 2.05) is 0 Å². The van der Waals surface area contributed by atoms with Gasteiger partial charge in [0.1, 0.15) is 11.9 Å². The standard InChI is InChI=1S/C9H13F3N4O/c1-6-13-8(15-14-6)7-4-16(2-3-17-7)5-9(10,11)12/h7H,2-5H2,1H3,(H,13,14,15)/t7-/m1/s1. The van der Waals surface area contributed by atoms with E-state index in [9.17, 15) is 13.2 Å². The lowest BCUT2D eigenvalue weighted by atomic mass is 10.2. The number of halogens is 3. The van der Waals surface area contributed by atoms with Crippen LogP contribution in [-0.2, 0) is 4.74 Å². The molecule has 1 saturated heterocycles. The number of morpholine rings is 1. The van der Waals surface area contributed by atoms with E-state index in [-0.39, 0.29) is 19.7 Å². The molecule has 5 nitrogen and oxygen atoms in total. The lowest BCUT2D eigenvalue weighted by molar-refractivity contribution is -0.160. The van der Waals surface area contributed by atoms with Crippen molar-refractivity contribution in [3.05, 3.63) is 11.6 Å². The first-order valence-electron chi connectivity index (χ1n) is 5.23. The first kappa shape index (κ1) is 12.3. The summed E-state index contributed by atoms with van der Waals surface area (Å²) in [5, 5.41) is 6.55. The number of H-pyrrole nitrogens is 1. The summed E-state index contributed by atoms with van der Waals surface area (Å²) >= 11 is 0. The van der Waals surface area contributed by atoms with E-state index in [4.69, 9.17) is 4.74 Å². The number of nitrogens with one attached hydrogen (secondary N) is 1. The normalized spacial score (nSPS) is 22.9. The zero-order chi connectivity index (χ0) is 12.5. The Morgan fingerprint density at radius 1 is 1.53 bits per heavy atom. The van der Waals surface area contributed by atoms with E-state index in [1.165, 1.54) is 4.90 Å². The second kappa shape index (κ2) is 4.61. The zero-order valence-electron chi connectivity index (χ0n) is 9.29. The van der Waals surface area contributed by atoms with E-state index < -0.39 is 18.8 Å². The first-order chi connectivity index (χ1) is 7.94. The highest BCUT2D eigenvalue weighted by molar-refractivity contribution is 4.95. The Morgan fingerprint density at radius 2 is 2.29 bits per heavy atom. The van der Waals surface area contributed by atoms with Crippen molar-refractivity contribution in [1.29, 1.82) is 0 Å². The number of aromatic amines is 1. The van der Waals surface area contributed by atoms with Crippen molar-refractivity contribution in [3.8, 4) is 0 Å². The Labute approximate surface area is 96.0 Å². The lowest BCUT2D eigenvalue weighted by Gasteiger charge is -2.31. The van der Waals surface area contributed by atoms with Gasteiger partial charge in [0.05, 0.1) is 13.2 Å². The molecule has 17 heavy (non-hydrogen) atoms. The fourth-order valence-electron chi connectivity index (χ4n) is 1.76. The monoisotopic (exact) mass is 250 g/mol.